The molecule has 2 rings (SSSR count). The zero-order chi connectivity index (χ0) is 15.2. The molecule has 0 aliphatic rings. The maximum atomic E-state index is 12.3. The van der Waals surface area contributed by atoms with E-state index in [1.807, 2.05) is 24.3 Å². The zero-order valence-electron chi connectivity index (χ0n) is 12.6. The van der Waals surface area contributed by atoms with Crippen LogP contribution in [0.4, 0.5) is 0 Å². The number of hydrogen-bond donors (Lipinski definition) is 1. The lowest BCUT2D eigenvalue weighted by molar-refractivity contribution is 0.0942. The summed E-state index contributed by atoms with van der Waals surface area (Å²) in [5, 5.41) is 4.60. The quantitative estimate of drug-likeness (QED) is 0.656. The number of halogens is 1. The SMILES string of the molecule is CCCCCC[C@H](C)NC(=O)c1sc2ccccc2c1Cl. The first-order valence-electron chi connectivity index (χ1n) is 7.61. The van der Waals surface area contributed by atoms with E-state index in [0.717, 1.165) is 22.9 Å². The predicted octanol–water partition coefficient (Wildman–Crippen LogP) is 5.64. The number of fused-ring (bicyclic) bond motifs is 1. The molecular formula is C17H22ClNOS. The molecule has 0 fully saturated rings. The minimum Gasteiger partial charge on any atom is -0.349 e. The van der Waals surface area contributed by atoms with Crippen molar-refractivity contribution in [2.45, 2.75) is 52.0 Å². The van der Waals surface area contributed by atoms with Gasteiger partial charge >= 0.3 is 0 Å². The molecule has 0 aliphatic heterocycles. The van der Waals surface area contributed by atoms with Gasteiger partial charge in [0.15, 0.2) is 0 Å². The lowest BCUT2D eigenvalue weighted by Crippen LogP contribution is -2.32. The second-order valence-electron chi connectivity index (χ2n) is 5.47. The Morgan fingerprint density at radius 3 is 2.76 bits per heavy atom. The van der Waals surface area contributed by atoms with Gasteiger partial charge in [0.2, 0.25) is 0 Å². The summed E-state index contributed by atoms with van der Waals surface area (Å²) in [5.74, 6) is -0.0517. The summed E-state index contributed by atoms with van der Waals surface area (Å²) < 4.78 is 1.06. The number of thiophene rings is 1. The van der Waals surface area contributed by atoms with E-state index in [0.29, 0.717) is 9.90 Å². The molecule has 2 aromatic rings. The van der Waals surface area contributed by atoms with Gasteiger partial charge in [-0.15, -0.1) is 11.3 Å². The fourth-order valence-corrected chi connectivity index (χ4v) is 3.82. The highest BCUT2D eigenvalue weighted by Crippen LogP contribution is 2.35. The molecule has 1 atom stereocenters. The number of amides is 1. The molecule has 0 saturated carbocycles. The molecular weight excluding hydrogens is 302 g/mol. The van der Waals surface area contributed by atoms with Gasteiger partial charge in [-0.1, -0.05) is 62.4 Å². The van der Waals surface area contributed by atoms with Gasteiger partial charge in [-0.25, -0.2) is 0 Å². The maximum Gasteiger partial charge on any atom is 0.263 e. The highest BCUT2D eigenvalue weighted by Gasteiger charge is 2.18. The van der Waals surface area contributed by atoms with Crippen LogP contribution >= 0.6 is 22.9 Å². The first kappa shape index (κ1) is 16.3. The fraction of sp³-hybridized carbons (Fsp3) is 0.471. The van der Waals surface area contributed by atoms with Crippen LogP contribution in [0.1, 0.15) is 55.6 Å². The summed E-state index contributed by atoms with van der Waals surface area (Å²) in [6.07, 6.45) is 5.92. The van der Waals surface area contributed by atoms with E-state index in [-0.39, 0.29) is 11.9 Å². The summed E-state index contributed by atoms with van der Waals surface area (Å²) in [4.78, 5) is 13.0. The molecule has 0 saturated heterocycles. The molecule has 2 nitrogen and oxygen atoms in total. The zero-order valence-corrected chi connectivity index (χ0v) is 14.2. The highest BCUT2D eigenvalue weighted by molar-refractivity contribution is 7.21. The van der Waals surface area contributed by atoms with E-state index in [9.17, 15) is 4.79 Å². The third-order valence-electron chi connectivity index (χ3n) is 3.61. The van der Waals surface area contributed by atoms with Crippen molar-refractivity contribution < 1.29 is 4.79 Å². The van der Waals surface area contributed by atoms with Gasteiger partial charge in [-0.3, -0.25) is 4.79 Å². The van der Waals surface area contributed by atoms with Crippen molar-refractivity contribution in [1.29, 1.82) is 0 Å². The number of carbonyl (C=O) groups is 1. The van der Waals surface area contributed by atoms with E-state index in [1.54, 1.807) is 0 Å². The Morgan fingerprint density at radius 2 is 2.05 bits per heavy atom. The highest BCUT2D eigenvalue weighted by atomic mass is 35.5. The first-order valence-corrected chi connectivity index (χ1v) is 8.80. The largest absolute Gasteiger partial charge is 0.349 e. The van der Waals surface area contributed by atoms with Crippen molar-refractivity contribution in [2.24, 2.45) is 0 Å². The average molecular weight is 324 g/mol. The molecule has 21 heavy (non-hydrogen) atoms. The summed E-state index contributed by atoms with van der Waals surface area (Å²) in [5.41, 5.74) is 0. The minimum atomic E-state index is -0.0517. The monoisotopic (exact) mass is 323 g/mol. The number of rotatable bonds is 7. The van der Waals surface area contributed by atoms with Crippen LogP contribution < -0.4 is 5.32 Å². The van der Waals surface area contributed by atoms with Gasteiger partial charge in [-0.2, -0.15) is 0 Å². The average Bonchev–Trinajstić information content (AvgIpc) is 2.81. The predicted molar refractivity (Wildman–Crippen MR) is 92.5 cm³/mol. The lowest BCUT2D eigenvalue weighted by Gasteiger charge is -2.13. The molecule has 1 N–H and O–H groups in total. The summed E-state index contributed by atoms with van der Waals surface area (Å²) in [6, 6.07) is 8.05. The second kappa shape index (κ2) is 7.81. The van der Waals surface area contributed by atoms with E-state index < -0.39 is 0 Å². The van der Waals surface area contributed by atoms with Crippen LogP contribution in [0.2, 0.25) is 5.02 Å². The smallest absolute Gasteiger partial charge is 0.263 e. The Hall–Kier alpha value is -1.06. The van der Waals surface area contributed by atoms with Crippen LogP contribution in [0.15, 0.2) is 24.3 Å². The van der Waals surface area contributed by atoms with Gasteiger partial charge < -0.3 is 5.32 Å². The Kier molecular flexibility index (Phi) is 6.07. The van der Waals surface area contributed by atoms with Crippen molar-refractivity contribution in [2.75, 3.05) is 0 Å². The van der Waals surface area contributed by atoms with Crippen molar-refractivity contribution in [3.63, 3.8) is 0 Å². The molecule has 4 heteroatoms. The molecule has 0 unspecified atom stereocenters. The van der Waals surface area contributed by atoms with Crippen molar-refractivity contribution in [3.05, 3.63) is 34.2 Å². The Labute approximate surface area is 135 Å². The number of unbranched alkanes of at least 4 members (excludes halogenated alkanes) is 3. The van der Waals surface area contributed by atoms with Gasteiger partial charge in [-0.05, 0) is 19.4 Å². The Bertz CT molecular complexity index is 608. The lowest BCUT2D eigenvalue weighted by atomic mass is 10.1. The fourth-order valence-electron chi connectivity index (χ4n) is 2.40. The van der Waals surface area contributed by atoms with Crippen molar-refractivity contribution in [1.82, 2.24) is 5.32 Å². The van der Waals surface area contributed by atoms with Gasteiger partial charge in [0.05, 0.1) is 5.02 Å². The van der Waals surface area contributed by atoms with E-state index in [4.69, 9.17) is 11.6 Å². The maximum absolute atomic E-state index is 12.3. The normalized spacial score (nSPS) is 12.5. The van der Waals surface area contributed by atoms with Crippen LogP contribution in [-0.4, -0.2) is 11.9 Å². The standard InChI is InChI=1S/C17H22ClNOS/c1-3-4-5-6-9-12(2)19-17(20)16-15(18)13-10-7-8-11-14(13)21-16/h7-8,10-12H,3-6,9H2,1-2H3,(H,19,20)/t12-/m0/s1. The first-order chi connectivity index (χ1) is 10.1. The van der Waals surface area contributed by atoms with Crippen LogP contribution in [0.3, 0.4) is 0 Å². The molecule has 1 heterocycles. The third kappa shape index (κ3) is 4.21. The molecule has 1 amide bonds. The van der Waals surface area contributed by atoms with E-state index in [2.05, 4.69) is 19.2 Å². The topological polar surface area (TPSA) is 29.1 Å². The molecule has 0 aliphatic carbocycles. The van der Waals surface area contributed by atoms with Gasteiger partial charge in [0.25, 0.3) is 5.91 Å². The third-order valence-corrected chi connectivity index (χ3v) is 5.28. The van der Waals surface area contributed by atoms with Crippen LogP contribution in [0.25, 0.3) is 10.1 Å². The number of benzene rings is 1. The minimum absolute atomic E-state index is 0.0517. The second-order valence-corrected chi connectivity index (χ2v) is 6.90. The van der Waals surface area contributed by atoms with Gasteiger partial charge in [0.1, 0.15) is 4.88 Å². The molecule has 114 valence electrons. The molecule has 0 spiro atoms. The Balaban J connectivity index is 1.97. The summed E-state index contributed by atoms with van der Waals surface area (Å²) in [6.45, 7) is 4.26. The summed E-state index contributed by atoms with van der Waals surface area (Å²) in [7, 11) is 0. The number of nitrogens with one attached hydrogen (secondary N) is 1. The molecule has 1 aromatic heterocycles. The van der Waals surface area contributed by atoms with Gasteiger partial charge in [0, 0.05) is 16.1 Å². The molecule has 0 bridgehead atoms. The number of hydrogen-bond acceptors (Lipinski definition) is 2. The van der Waals surface area contributed by atoms with Crippen LogP contribution in [-0.2, 0) is 0 Å². The molecule has 1 aromatic carbocycles. The summed E-state index contributed by atoms with van der Waals surface area (Å²) >= 11 is 7.79. The molecule has 0 radical (unpaired) electrons. The van der Waals surface area contributed by atoms with Crippen molar-refractivity contribution >= 4 is 38.9 Å². The van der Waals surface area contributed by atoms with Crippen molar-refractivity contribution in [3.8, 4) is 0 Å². The van der Waals surface area contributed by atoms with Crippen LogP contribution in [0.5, 0.6) is 0 Å². The van der Waals surface area contributed by atoms with E-state index >= 15 is 0 Å². The van der Waals surface area contributed by atoms with E-state index in [1.165, 1.54) is 30.6 Å². The Morgan fingerprint density at radius 1 is 1.29 bits per heavy atom. The number of carbonyl (C=O) groups excluding carboxylic acids is 1. The van der Waals surface area contributed by atoms with Crippen LogP contribution in [0, 0.1) is 0 Å².